The Bertz CT molecular complexity index is 431. The summed E-state index contributed by atoms with van der Waals surface area (Å²) in [6, 6.07) is 4.20. The van der Waals surface area contributed by atoms with Crippen LogP contribution in [0, 0.1) is 10.1 Å². The van der Waals surface area contributed by atoms with Gasteiger partial charge in [-0.05, 0) is 25.0 Å². The second-order valence-electron chi connectivity index (χ2n) is 3.53. The molecule has 0 N–H and O–H groups in total. The van der Waals surface area contributed by atoms with Crippen LogP contribution in [0.2, 0.25) is 5.02 Å². The second-order valence-corrected chi connectivity index (χ2v) is 3.94. The molecular weight excluding hydrogens is 230 g/mol. The SMILES string of the molecule is CCC(C(C)=O)c1ccc([N+](=O)[O-])cc1Cl. The third-order valence-corrected chi connectivity index (χ3v) is 2.80. The largest absolute Gasteiger partial charge is 0.299 e. The second kappa shape index (κ2) is 5.07. The molecule has 0 saturated carbocycles. The van der Waals surface area contributed by atoms with Gasteiger partial charge in [-0.3, -0.25) is 14.9 Å². The highest BCUT2D eigenvalue weighted by molar-refractivity contribution is 6.31. The number of hydrogen-bond acceptors (Lipinski definition) is 3. The van der Waals surface area contributed by atoms with Gasteiger partial charge in [0, 0.05) is 18.1 Å². The zero-order chi connectivity index (χ0) is 12.3. The van der Waals surface area contributed by atoms with E-state index in [1.807, 2.05) is 6.92 Å². The molecule has 1 rings (SSSR count). The number of carbonyl (C=O) groups excluding carboxylic acids is 1. The Morgan fingerprint density at radius 1 is 1.56 bits per heavy atom. The molecule has 0 heterocycles. The van der Waals surface area contributed by atoms with Crippen molar-refractivity contribution in [3.8, 4) is 0 Å². The van der Waals surface area contributed by atoms with Gasteiger partial charge in [-0.15, -0.1) is 0 Å². The fourth-order valence-electron chi connectivity index (χ4n) is 1.64. The third-order valence-electron chi connectivity index (χ3n) is 2.47. The Balaban J connectivity index is 3.16. The first-order valence-electron chi connectivity index (χ1n) is 4.91. The molecule has 0 aliphatic carbocycles. The van der Waals surface area contributed by atoms with Crippen LogP contribution < -0.4 is 0 Å². The summed E-state index contributed by atoms with van der Waals surface area (Å²) in [6.45, 7) is 3.37. The van der Waals surface area contributed by atoms with Crippen LogP contribution >= 0.6 is 11.6 Å². The predicted octanol–water partition coefficient (Wildman–Crippen LogP) is 3.33. The number of Topliss-reactive ketones (excluding diaryl/α,β-unsaturated/α-hetero) is 1. The van der Waals surface area contributed by atoms with Gasteiger partial charge in [-0.2, -0.15) is 0 Å². The van der Waals surface area contributed by atoms with Crippen molar-refractivity contribution in [2.75, 3.05) is 0 Å². The van der Waals surface area contributed by atoms with Crippen LogP contribution in [-0.2, 0) is 4.79 Å². The van der Waals surface area contributed by atoms with Gasteiger partial charge < -0.3 is 0 Å². The molecule has 86 valence electrons. The van der Waals surface area contributed by atoms with Crippen molar-refractivity contribution < 1.29 is 9.72 Å². The maximum Gasteiger partial charge on any atom is 0.270 e. The summed E-state index contributed by atoms with van der Waals surface area (Å²) in [4.78, 5) is 21.4. The molecule has 5 heteroatoms. The molecule has 0 aliphatic rings. The van der Waals surface area contributed by atoms with Crippen molar-refractivity contribution in [1.82, 2.24) is 0 Å². The molecule has 0 amide bonds. The molecule has 0 spiro atoms. The van der Waals surface area contributed by atoms with Crippen LogP contribution in [0.15, 0.2) is 18.2 Å². The van der Waals surface area contributed by atoms with Gasteiger partial charge in [0.2, 0.25) is 0 Å². The molecule has 1 aromatic carbocycles. The maximum atomic E-state index is 11.4. The summed E-state index contributed by atoms with van der Waals surface area (Å²) in [5.74, 6) is -0.272. The zero-order valence-corrected chi connectivity index (χ0v) is 9.82. The van der Waals surface area contributed by atoms with Crippen molar-refractivity contribution in [3.05, 3.63) is 38.9 Å². The molecule has 4 nitrogen and oxygen atoms in total. The highest BCUT2D eigenvalue weighted by Crippen LogP contribution is 2.30. The van der Waals surface area contributed by atoms with Crippen LogP contribution in [0.5, 0.6) is 0 Å². The average Bonchev–Trinajstić information content (AvgIpc) is 2.20. The first kappa shape index (κ1) is 12.6. The van der Waals surface area contributed by atoms with Gasteiger partial charge >= 0.3 is 0 Å². The normalized spacial score (nSPS) is 12.2. The lowest BCUT2D eigenvalue weighted by Crippen LogP contribution is -2.08. The Labute approximate surface area is 98.4 Å². The van der Waals surface area contributed by atoms with E-state index in [1.165, 1.54) is 19.1 Å². The minimum atomic E-state index is -0.510. The van der Waals surface area contributed by atoms with E-state index in [0.717, 1.165) is 0 Å². The maximum absolute atomic E-state index is 11.4. The summed E-state index contributed by atoms with van der Waals surface area (Å²) in [5.41, 5.74) is 0.592. The molecule has 16 heavy (non-hydrogen) atoms. The lowest BCUT2D eigenvalue weighted by atomic mass is 9.93. The molecule has 1 aromatic rings. The van der Waals surface area contributed by atoms with Crippen molar-refractivity contribution in [1.29, 1.82) is 0 Å². The van der Waals surface area contributed by atoms with Gasteiger partial charge in [0.15, 0.2) is 0 Å². The number of nitro benzene ring substituents is 1. The molecule has 0 bridgehead atoms. The minimum absolute atomic E-state index is 0.0123. The number of ketones is 1. The van der Waals surface area contributed by atoms with Crippen LogP contribution in [0.25, 0.3) is 0 Å². The fourth-order valence-corrected chi connectivity index (χ4v) is 1.95. The van der Waals surface area contributed by atoms with Crippen LogP contribution in [0.4, 0.5) is 5.69 Å². The molecule has 0 fully saturated rings. The van der Waals surface area contributed by atoms with E-state index in [1.54, 1.807) is 6.07 Å². The highest BCUT2D eigenvalue weighted by atomic mass is 35.5. The average molecular weight is 242 g/mol. The van der Waals surface area contributed by atoms with Gasteiger partial charge in [0.05, 0.1) is 9.95 Å². The Hall–Kier alpha value is -1.42. The lowest BCUT2D eigenvalue weighted by molar-refractivity contribution is -0.384. The van der Waals surface area contributed by atoms with Crippen LogP contribution in [-0.4, -0.2) is 10.7 Å². The van der Waals surface area contributed by atoms with E-state index < -0.39 is 4.92 Å². The fraction of sp³-hybridized carbons (Fsp3) is 0.364. The quantitative estimate of drug-likeness (QED) is 0.600. The minimum Gasteiger partial charge on any atom is -0.299 e. The van der Waals surface area contributed by atoms with E-state index in [-0.39, 0.29) is 22.4 Å². The number of carbonyl (C=O) groups is 1. The predicted molar refractivity (Wildman–Crippen MR) is 61.8 cm³/mol. The molecule has 0 aliphatic heterocycles. The van der Waals surface area contributed by atoms with Crippen molar-refractivity contribution in [3.63, 3.8) is 0 Å². The van der Waals surface area contributed by atoms with Gasteiger partial charge in [-0.25, -0.2) is 0 Å². The number of non-ortho nitro benzene ring substituents is 1. The number of rotatable bonds is 4. The van der Waals surface area contributed by atoms with Crippen molar-refractivity contribution in [2.24, 2.45) is 0 Å². The number of halogens is 1. The van der Waals surface area contributed by atoms with Gasteiger partial charge in [-0.1, -0.05) is 18.5 Å². The Morgan fingerprint density at radius 3 is 2.56 bits per heavy atom. The summed E-state index contributed by atoms with van der Waals surface area (Å²) in [7, 11) is 0. The monoisotopic (exact) mass is 241 g/mol. The summed E-state index contributed by atoms with van der Waals surface area (Å²) in [6.07, 6.45) is 0.632. The van der Waals surface area contributed by atoms with Crippen LogP contribution in [0.1, 0.15) is 31.7 Å². The van der Waals surface area contributed by atoms with Crippen molar-refractivity contribution >= 4 is 23.1 Å². The Kier molecular flexibility index (Phi) is 4.01. The number of nitrogens with zero attached hydrogens (tertiary/aromatic N) is 1. The number of hydrogen-bond donors (Lipinski definition) is 0. The molecule has 0 aromatic heterocycles. The van der Waals surface area contributed by atoms with Gasteiger partial charge in [0.1, 0.15) is 5.78 Å². The van der Waals surface area contributed by atoms with E-state index in [2.05, 4.69) is 0 Å². The first-order valence-corrected chi connectivity index (χ1v) is 5.29. The lowest BCUT2D eigenvalue weighted by Gasteiger charge is -2.12. The summed E-state index contributed by atoms with van der Waals surface area (Å²) in [5, 5.41) is 10.8. The third kappa shape index (κ3) is 2.58. The topological polar surface area (TPSA) is 60.2 Å². The van der Waals surface area contributed by atoms with E-state index in [4.69, 9.17) is 11.6 Å². The van der Waals surface area contributed by atoms with E-state index in [9.17, 15) is 14.9 Å². The van der Waals surface area contributed by atoms with Crippen molar-refractivity contribution in [2.45, 2.75) is 26.2 Å². The molecule has 0 radical (unpaired) electrons. The molecular formula is C11H12ClNO3. The molecule has 0 saturated heterocycles. The summed E-state index contributed by atoms with van der Waals surface area (Å²) >= 11 is 5.93. The molecule has 1 unspecified atom stereocenters. The standard InChI is InChI=1S/C11H12ClNO3/c1-3-9(7(2)14)10-5-4-8(13(15)16)6-11(10)12/h4-6,9H,3H2,1-2H3. The zero-order valence-electron chi connectivity index (χ0n) is 9.07. The molecule has 1 atom stereocenters. The summed E-state index contributed by atoms with van der Waals surface area (Å²) < 4.78 is 0. The van der Waals surface area contributed by atoms with E-state index in [0.29, 0.717) is 12.0 Å². The smallest absolute Gasteiger partial charge is 0.270 e. The number of nitro groups is 1. The number of benzene rings is 1. The Morgan fingerprint density at radius 2 is 2.19 bits per heavy atom. The first-order chi connectivity index (χ1) is 7.47. The van der Waals surface area contributed by atoms with E-state index >= 15 is 0 Å². The van der Waals surface area contributed by atoms with Crippen LogP contribution in [0.3, 0.4) is 0 Å². The van der Waals surface area contributed by atoms with Gasteiger partial charge in [0.25, 0.3) is 5.69 Å². The highest BCUT2D eigenvalue weighted by Gasteiger charge is 2.19.